The molecule has 0 heterocycles. The number of halogens is 1. The SMILES string of the molecule is CCCC(C)c1cc(F)cc(N)c1/C=C/C#N. The van der Waals surface area contributed by atoms with Gasteiger partial charge in [-0.15, -0.1) is 0 Å². The molecular weight excluding hydrogens is 215 g/mol. The quantitative estimate of drug-likeness (QED) is 0.633. The van der Waals surface area contributed by atoms with E-state index in [9.17, 15) is 4.39 Å². The van der Waals surface area contributed by atoms with Gasteiger partial charge in [0.1, 0.15) is 5.82 Å². The zero-order valence-corrected chi connectivity index (χ0v) is 10.2. The van der Waals surface area contributed by atoms with E-state index < -0.39 is 0 Å². The van der Waals surface area contributed by atoms with Gasteiger partial charge in [0, 0.05) is 17.3 Å². The fourth-order valence-corrected chi connectivity index (χ4v) is 1.97. The second-order valence-electron chi connectivity index (χ2n) is 4.15. The van der Waals surface area contributed by atoms with Gasteiger partial charge < -0.3 is 5.73 Å². The van der Waals surface area contributed by atoms with Crippen LogP contribution in [0.25, 0.3) is 6.08 Å². The van der Waals surface area contributed by atoms with Crippen LogP contribution in [0.15, 0.2) is 18.2 Å². The van der Waals surface area contributed by atoms with Gasteiger partial charge in [-0.25, -0.2) is 4.39 Å². The van der Waals surface area contributed by atoms with E-state index in [4.69, 9.17) is 11.0 Å². The van der Waals surface area contributed by atoms with E-state index in [1.165, 1.54) is 18.2 Å². The highest BCUT2D eigenvalue weighted by molar-refractivity contribution is 5.69. The van der Waals surface area contributed by atoms with Crippen LogP contribution in [0.5, 0.6) is 0 Å². The van der Waals surface area contributed by atoms with Gasteiger partial charge in [0.15, 0.2) is 0 Å². The molecule has 3 heteroatoms. The van der Waals surface area contributed by atoms with Crippen LogP contribution in [-0.2, 0) is 0 Å². The number of nitrogens with two attached hydrogens (primary N) is 1. The van der Waals surface area contributed by atoms with Crippen LogP contribution in [0, 0.1) is 17.1 Å². The van der Waals surface area contributed by atoms with Crippen molar-refractivity contribution in [1.29, 1.82) is 5.26 Å². The summed E-state index contributed by atoms with van der Waals surface area (Å²) in [6.45, 7) is 4.13. The minimum absolute atomic E-state index is 0.233. The summed E-state index contributed by atoms with van der Waals surface area (Å²) in [5, 5.41) is 8.55. The molecule has 0 bridgehead atoms. The van der Waals surface area contributed by atoms with Gasteiger partial charge in [-0.1, -0.05) is 20.3 Å². The van der Waals surface area contributed by atoms with Crippen LogP contribution >= 0.6 is 0 Å². The van der Waals surface area contributed by atoms with E-state index >= 15 is 0 Å². The topological polar surface area (TPSA) is 49.8 Å². The Labute approximate surface area is 102 Å². The predicted octanol–water partition coefficient (Wildman–Crippen LogP) is 3.85. The number of benzene rings is 1. The van der Waals surface area contributed by atoms with Crippen molar-refractivity contribution in [3.05, 3.63) is 35.2 Å². The number of nitrogens with zero attached hydrogens (tertiary/aromatic N) is 1. The van der Waals surface area contributed by atoms with Crippen molar-refractivity contribution in [3.8, 4) is 6.07 Å². The third-order valence-corrected chi connectivity index (χ3v) is 2.79. The number of nitriles is 1. The summed E-state index contributed by atoms with van der Waals surface area (Å²) in [5.74, 6) is -0.0918. The third-order valence-electron chi connectivity index (χ3n) is 2.79. The molecular formula is C14H17FN2. The Hall–Kier alpha value is -1.82. The summed E-state index contributed by atoms with van der Waals surface area (Å²) in [6.07, 6.45) is 5.01. The Morgan fingerprint density at radius 3 is 2.82 bits per heavy atom. The van der Waals surface area contributed by atoms with Crippen LogP contribution in [0.3, 0.4) is 0 Å². The first-order valence-corrected chi connectivity index (χ1v) is 5.75. The molecule has 90 valence electrons. The average molecular weight is 232 g/mol. The molecule has 2 nitrogen and oxygen atoms in total. The lowest BCUT2D eigenvalue weighted by molar-refractivity contribution is 0.613. The van der Waals surface area contributed by atoms with Crippen molar-refractivity contribution in [2.75, 3.05) is 5.73 Å². The highest BCUT2D eigenvalue weighted by Crippen LogP contribution is 2.30. The lowest BCUT2D eigenvalue weighted by Crippen LogP contribution is -2.01. The molecule has 0 saturated carbocycles. The van der Waals surface area contributed by atoms with Crippen LogP contribution < -0.4 is 5.73 Å². The van der Waals surface area contributed by atoms with Gasteiger partial charge in [-0.3, -0.25) is 0 Å². The molecule has 0 spiro atoms. The number of anilines is 1. The molecule has 17 heavy (non-hydrogen) atoms. The molecule has 0 aliphatic rings. The lowest BCUT2D eigenvalue weighted by atomic mass is 9.91. The molecule has 0 aromatic heterocycles. The van der Waals surface area contributed by atoms with Crippen molar-refractivity contribution in [2.24, 2.45) is 0 Å². The number of allylic oxidation sites excluding steroid dienone is 1. The van der Waals surface area contributed by atoms with E-state index in [0.717, 1.165) is 24.0 Å². The van der Waals surface area contributed by atoms with Gasteiger partial charge in [-0.05, 0) is 36.1 Å². The molecule has 1 unspecified atom stereocenters. The molecule has 0 aliphatic heterocycles. The van der Waals surface area contributed by atoms with Crippen molar-refractivity contribution in [3.63, 3.8) is 0 Å². The first kappa shape index (κ1) is 13.2. The largest absolute Gasteiger partial charge is 0.398 e. The minimum atomic E-state index is -0.324. The summed E-state index contributed by atoms with van der Waals surface area (Å²) < 4.78 is 13.4. The van der Waals surface area contributed by atoms with E-state index in [0.29, 0.717) is 5.69 Å². The van der Waals surface area contributed by atoms with E-state index in [1.807, 2.05) is 13.0 Å². The number of hydrogen-bond donors (Lipinski definition) is 1. The van der Waals surface area contributed by atoms with Gasteiger partial charge in [0.2, 0.25) is 0 Å². The summed E-state index contributed by atoms with van der Waals surface area (Å²) in [7, 11) is 0. The summed E-state index contributed by atoms with van der Waals surface area (Å²) in [6, 6.07) is 4.72. The zero-order chi connectivity index (χ0) is 12.8. The molecule has 0 fully saturated rings. The molecule has 0 amide bonds. The number of hydrogen-bond acceptors (Lipinski definition) is 2. The van der Waals surface area contributed by atoms with E-state index in [2.05, 4.69) is 6.92 Å². The Morgan fingerprint density at radius 1 is 1.53 bits per heavy atom. The standard InChI is InChI=1S/C14H17FN2/c1-3-5-10(2)13-8-11(15)9-14(17)12(13)6-4-7-16/h4,6,8-10H,3,5,17H2,1-2H3/b6-4+. The van der Waals surface area contributed by atoms with Crippen LogP contribution in [0.2, 0.25) is 0 Å². The summed E-state index contributed by atoms with van der Waals surface area (Å²) >= 11 is 0. The highest BCUT2D eigenvalue weighted by Gasteiger charge is 2.12. The normalized spacial score (nSPS) is 12.6. The highest BCUT2D eigenvalue weighted by atomic mass is 19.1. The summed E-state index contributed by atoms with van der Waals surface area (Å²) in [5.41, 5.74) is 7.81. The van der Waals surface area contributed by atoms with Crippen molar-refractivity contribution < 1.29 is 4.39 Å². The summed E-state index contributed by atoms with van der Waals surface area (Å²) in [4.78, 5) is 0. The minimum Gasteiger partial charge on any atom is -0.398 e. The van der Waals surface area contributed by atoms with Gasteiger partial charge in [-0.2, -0.15) is 5.26 Å². The molecule has 1 rings (SSSR count). The first-order chi connectivity index (χ1) is 8.10. The third kappa shape index (κ3) is 3.32. The maximum atomic E-state index is 13.4. The Balaban J connectivity index is 3.25. The van der Waals surface area contributed by atoms with Crippen LogP contribution in [0.1, 0.15) is 43.7 Å². The van der Waals surface area contributed by atoms with Crippen LogP contribution in [0.4, 0.5) is 10.1 Å². The van der Waals surface area contributed by atoms with E-state index in [1.54, 1.807) is 6.08 Å². The molecule has 0 radical (unpaired) electrons. The maximum absolute atomic E-state index is 13.4. The van der Waals surface area contributed by atoms with Gasteiger partial charge >= 0.3 is 0 Å². The number of rotatable bonds is 4. The zero-order valence-electron chi connectivity index (χ0n) is 10.2. The fraction of sp³-hybridized carbons (Fsp3) is 0.357. The number of nitrogen functional groups attached to an aromatic ring is 1. The Kier molecular flexibility index (Phi) is 4.71. The monoisotopic (exact) mass is 232 g/mol. The average Bonchev–Trinajstić information content (AvgIpc) is 2.27. The van der Waals surface area contributed by atoms with Crippen molar-refractivity contribution >= 4 is 11.8 Å². The molecule has 1 aromatic rings. The molecule has 0 aliphatic carbocycles. The second-order valence-corrected chi connectivity index (χ2v) is 4.15. The van der Waals surface area contributed by atoms with Gasteiger partial charge in [0.25, 0.3) is 0 Å². The predicted molar refractivity (Wildman–Crippen MR) is 68.8 cm³/mol. The Morgan fingerprint density at radius 2 is 2.24 bits per heavy atom. The van der Waals surface area contributed by atoms with Crippen LogP contribution in [-0.4, -0.2) is 0 Å². The van der Waals surface area contributed by atoms with E-state index in [-0.39, 0.29) is 11.7 Å². The molecule has 2 N–H and O–H groups in total. The molecule has 1 atom stereocenters. The second kappa shape index (κ2) is 6.05. The van der Waals surface area contributed by atoms with Gasteiger partial charge in [0.05, 0.1) is 6.07 Å². The Bertz CT molecular complexity index is 458. The molecule has 1 aromatic carbocycles. The first-order valence-electron chi connectivity index (χ1n) is 5.75. The fourth-order valence-electron chi connectivity index (χ4n) is 1.97. The smallest absolute Gasteiger partial charge is 0.125 e. The molecule has 0 saturated heterocycles. The van der Waals surface area contributed by atoms with Crippen molar-refractivity contribution in [1.82, 2.24) is 0 Å². The lowest BCUT2D eigenvalue weighted by Gasteiger charge is -2.15. The van der Waals surface area contributed by atoms with Crippen molar-refractivity contribution in [2.45, 2.75) is 32.6 Å². The maximum Gasteiger partial charge on any atom is 0.125 e.